The summed E-state index contributed by atoms with van der Waals surface area (Å²) in [5.41, 5.74) is 0.786. The Balaban J connectivity index is 1.89. The molecule has 1 amide bonds. The predicted molar refractivity (Wildman–Crippen MR) is 78.7 cm³/mol. The quantitative estimate of drug-likeness (QED) is 0.589. The van der Waals surface area contributed by atoms with E-state index in [1.165, 1.54) is 7.05 Å². The summed E-state index contributed by atoms with van der Waals surface area (Å²) in [7, 11) is 1.48. The molecule has 1 aromatic rings. The molecule has 1 heterocycles. The number of carbonyl (C=O) groups is 1. The number of benzene rings is 1. The van der Waals surface area contributed by atoms with Crippen molar-refractivity contribution >= 4 is 6.09 Å². The molecule has 1 saturated heterocycles. The van der Waals surface area contributed by atoms with Crippen LogP contribution in [0.2, 0.25) is 0 Å². The van der Waals surface area contributed by atoms with Crippen LogP contribution in [-0.2, 0) is 16.1 Å². The normalized spacial score (nSPS) is 27.3. The average molecular weight is 327 g/mol. The molecule has 0 bridgehead atoms. The number of carbonyl (C=O) groups excluding carboxylic acids is 1. The second kappa shape index (κ2) is 8.11. The van der Waals surface area contributed by atoms with Crippen LogP contribution in [0.15, 0.2) is 24.3 Å². The lowest BCUT2D eigenvalue weighted by Crippen LogP contribution is -2.51. The molecule has 1 fully saturated rings. The van der Waals surface area contributed by atoms with Gasteiger partial charge in [-0.2, -0.15) is 0 Å². The van der Waals surface area contributed by atoms with Crippen LogP contribution < -0.4 is 10.1 Å². The minimum atomic E-state index is -1.14. The Labute approximate surface area is 133 Å². The summed E-state index contributed by atoms with van der Waals surface area (Å²) in [6.07, 6.45) is -4.22. The number of nitrogens with one attached hydrogen (secondary N) is 1. The maximum atomic E-state index is 11.0. The molecule has 23 heavy (non-hydrogen) atoms. The van der Waals surface area contributed by atoms with Gasteiger partial charge in [-0.25, -0.2) is 4.79 Å². The van der Waals surface area contributed by atoms with Gasteiger partial charge in [0.05, 0.1) is 12.7 Å². The number of aliphatic hydroxyl groups excluding tert-OH is 3. The maximum absolute atomic E-state index is 11.0. The van der Waals surface area contributed by atoms with Gasteiger partial charge in [0, 0.05) is 13.5 Å². The van der Waals surface area contributed by atoms with Crippen LogP contribution in [-0.4, -0.2) is 59.7 Å². The van der Waals surface area contributed by atoms with Crippen LogP contribution in [0, 0.1) is 0 Å². The number of rotatable bonds is 5. The van der Waals surface area contributed by atoms with Crippen molar-refractivity contribution in [2.75, 3.05) is 13.7 Å². The van der Waals surface area contributed by atoms with Crippen LogP contribution in [0.1, 0.15) is 12.0 Å². The van der Waals surface area contributed by atoms with Crippen LogP contribution in [0.3, 0.4) is 0 Å². The topological polar surface area (TPSA) is 117 Å². The summed E-state index contributed by atoms with van der Waals surface area (Å²) < 4.78 is 15.9. The zero-order valence-corrected chi connectivity index (χ0v) is 12.7. The second-order valence-electron chi connectivity index (χ2n) is 5.17. The number of alkyl carbamates (subject to hydrolysis) is 1. The Morgan fingerprint density at radius 3 is 2.65 bits per heavy atom. The van der Waals surface area contributed by atoms with Crippen LogP contribution >= 0.6 is 0 Å². The van der Waals surface area contributed by atoms with Gasteiger partial charge in [-0.05, 0) is 17.7 Å². The highest BCUT2D eigenvalue weighted by molar-refractivity contribution is 5.66. The van der Waals surface area contributed by atoms with Crippen molar-refractivity contribution in [3.63, 3.8) is 0 Å². The van der Waals surface area contributed by atoms with E-state index in [0.717, 1.165) is 5.56 Å². The third-order valence-electron chi connectivity index (χ3n) is 3.48. The summed E-state index contributed by atoms with van der Waals surface area (Å²) in [5.74, 6) is 0.499. The second-order valence-corrected chi connectivity index (χ2v) is 5.17. The van der Waals surface area contributed by atoms with Crippen molar-refractivity contribution in [3.05, 3.63) is 29.8 Å². The molecule has 1 aliphatic heterocycles. The van der Waals surface area contributed by atoms with Gasteiger partial charge < -0.3 is 34.8 Å². The SMILES string of the molecule is CNC(=O)OCc1ccc(OC2CC(O)C(O)C(CO)O2)cc1. The van der Waals surface area contributed by atoms with Crippen molar-refractivity contribution in [3.8, 4) is 5.75 Å². The molecule has 0 spiro atoms. The zero-order valence-electron chi connectivity index (χ0n) is 12.7. The molecule has 0 aliphatic carbocycles. The summed E-state index contributed by atoms with van der Waals surface area (Å²) in [4.78, 5) is 11.0. The first kappa shape index (κ1) is 17.5. The highest BCUT2D eigenvalue weighted by Gasteiger charge is 2.37. The smallest absolute Gasteiger partial charge is 0.407 e. The van der Waals surface area contributed by atoms with E-state index in [1.807, 2.05) is 0 Å². The number of hydrogen-bond donors (Lipinski definition) is 4. The molecule has 8 nitrogen and oxygen atoms in total. The average Bonchev–Trinajstić information content (AvgIpc) is 2.57. The lowest BCUT2D eigenvalue weighted by Gasteiger charge is -2.36. The van der Waals surface area contributed by atoms with Crippen molar-refractivity contribution < 1.29 is 34.3 Å². The van der Waals surface area contributed by atoms with Gasteiger partial charge >= 0.3 is 6.09 Å². The molecule has 4 N–H and O–H groups in total. The Morgan fingerprint density at radius 2 is 2.04 bits per heavy atom. The molecule has 4 atom stereocenters. The number of ether oxygens (including phenoxy) is 3. The third-order valence-corrected chi connectivity index (χ3v) is 3.48. The summed E-state index contributed by atoms with van der Waals surface area (Å²) in [6, 6.07) is 6.82. The molecule has 1 aliphatic rings. The Hall–Kier alpha value is -1.87. The monoisotopic (exact) mass is 327 g/mol. The highest BCUT2D eigenvalue weighted by atomic mass is 16.7. The van der Waals surface area contributed by atoms with Gasteiger partial charge in [0.1, 0.15) is 24.6 Å². The van der Waals surface area contributed by atoms with Crippen molar-refractivity contribution in [2.45, 2.75) is 37.6 Å². The van der Waals surface area contributed by atoms with Gasteiger partial charge in [-0.1, -0.05) is 12.1 Å². The van der Waals surface area contributed by atoms with E-state index < -0.39 is 37.3 Å². The zero-order chi connectivity index (χ0) is 16.8. The molecular formula is C15H21NO7. The lowest BCUT2D eigenvalue weighted by molar-refractivity contribution is -0.229. The van der Waals surface area contributed by atoms with E-state index >= 15 is 0 Å². The standard InChI is InChI=1S/C15H21NO7/c1-16-15(20)21-8-9-2-4-10(5-3-9)22-13-6-11(18)14(19)12(7-17)23-13/h2-5,11-14,17-19H,6-8H2,1H3,(H,16,20). The summed E-state index contributed by atoms with van der Waals surface area (Å²) in [5, 5.41) is 30.9. The van der Waals surface area contributed by atoms with Gasteiger partial charge in [0.2, 0.25) is 6.29 Å². The molecule has 4 unspecified atom stereocenters. The number of hydrogen-bond acceptors (Lipinski definition) is 7. The fourth-order valence-electron chi connectivity index (χ4n) is 2.18. The van der Waals surface area contributed by atoms with Gasteiger partial charge in [0.25, 0.3) is 0 Å². The van der Waals surface area contributed by atoms with Gasteiger partial charge in [-0.15, -0.1) is 0 Å². The minimum absolute atomic E-state index is 0.0964. The minimum Gasteiger partial charge on any atom is -0.465 e. The molecule has 8 heteroatoms. The van der Waals surface area contributed by atoms with Crippen LogP contribution in [0.25, 0.3) is 0 Å². The van der Waals surface area contributed by atoms with Gasteiger partial charge in [0.15, 0.2) is 0 Å². The molecule has 2 rings (SSSR count). The maximum Gasteiger partial charge on any atom is 0.407 e. The van der Waals surface area contributed by atoms with E-state index in [1.54, 1.807) is 24.3 Å². The molecular weight excluding hydrogens is 306 g/mol. The van der Waals surface area contributed by atoms with E-state index in [0.29, 0.717) is 5.75 Å². The van der Waals surface area contributed by atoms with Crippen LogP contribution in [0.5, 0.6) is 5.75 Å². The summed E-state index contributed by atoms with van der Waals surface area (Å²) >= 11 is 0. The van der Waals surface area contributed by atoms with E-state index in [9.17, 15) is 15.0 Å². The molecule has 1 aromatic carbocycles. The van der Waals surface area contributed by atoms with E-state index in [4.69, 9.17) is 19.3 Å². The van der Waals surface area contributed by atoms with Crippen LogP contribution in [0.4, 0.5) is 4.79 Å². The molecule has 0 saturated carbocycles. The fourth-order valence-corrected chi connectivity index (χ4v) is 2.18. The number of aliphatic hydroxyl groups is 3. The largest absolute Gasteiger partial charge is 0.465 e. The van der Waals surface area contributed by atoms with Crippen molar-refractivity contribution in [2.24, 2.45) is 0 Å². The first-order valence-electron chi connectivity index (χ1n) is 7.26. The third kappa shape index (κ3) is 4.80. The lowest BCUT2D eigenvalue weighted by atomic mass is 10.0. The predicted octanol–water partition coefficient (Wildman–Crippen LogP) is -0.250. The molecule has 128 valence electrons. The van der Waals surface area contributed by atoms with Crippen molar-refractivity contribution in [1.29, 1.82) is 0 Å². The first-order chi connectivity index (χ1) is 11.0. The van der Waals surface area contributed by atoms with E-state index in [-0.39, 0.29) is 13.0 Å². The fraction of sp³-hybridized carbons (Fsp3) is 0.533. The first-order valence-corrected chi connectivity index (χ1v) is 7.26. The Kier molecular flexibility index (Phi) is 6.17. The summed E-state index contributed by atoms with van der Waals surface area (Å²) in [6.45, 7) is -0.273. The Bertz CT molecular complexity index is 507. The van der Waals surface area contributed by atoms with Gasteiger partial charge in [-0.3, -0.25) is 0 Å². The Morgan fingerprint density at radius 1 is 1.35 bits per heavy atom. The van der Waals surface area contributed by atoms with E-state index in [2.05, 4.69) is 5.32 Å². The number of amides is 1. The highest BCUT2D eigenvalue weighted by Crippen LogP contribution is 2.24. The molecule has 0 aromatic heterocycles. The van der Waals surface area contributed by atoms with Crippen molar-refractivity contribution in [1.82, 2.24) is 5.32 Å². The molecule has 0 radical (unpaired) electrons.